The average Bonchev–Trinajstić information content (AvgIpc) is 3.01. The van der Waals surface area contributed by atoms with E-state index in [2.05, 4.69) is 10.3 Å². The van der Waals surface area contributed by atoms with E-state index in [9.17, 15) is 9.59 Å². The van der Waals surface area contributed by atoms with Crippen molar-refractivity contribution < 1.29 is 14.7 Å². The predicted molar refractivity (Wildman–Crippen MR) is 68.8 cm³/mol. The van der Waals surface area contributed by atoms with Gasteiger partial charge in [-0.25, -0.2) is 9.78 Å². The molecule has 19 heavy (non-hydrogen) atoms. The summed E-state index contributed by atoms with van der Waals surface area (Å²) < 4.78 is 0. The van der Waals surface area contributed by atoms with Gasteiger partial charge in [0.2, 0.25) is 5.91 Å². The van der Waals surface area contributed by atoms with Gasteiger partial charge >= 0.3 is 5.97 Å². The molecule has 0 saturated heterocycles. The van der Waals surface area contributed by atoms with Crippen LogP contribution >= 0.6 is 0 Å². The van der Waals surface area contributed by atoms with E-state index in [0.29, 0.717) is 11.8 Å². The Morgan fingerprint density at radius 1 is 1.32 bits per heavy atom. The van der Waals surface area contributed by atoms with Gasteiger partial charge in [-0.05, 0) is 43.2 Å². The van der Waals surface area contributed by atoms with E-state index in [1.165, 1.54) is 18.7 Å². The third kappa shape index (κ3) is 2.20. The lowest BCUT2D eigenvalue weighted by molar-refractivity contribution is -0.121. The quantitative estimate of drug-likeness (QED) is 0.872. The molecule has 2 bridgehead atoms. The zero-order valence-electron chi connectivity index (χ0n) is 10.5. The second-order valence-electron chi connectivity index (χ2n) is 5.48. The molecule has 0 aromatic carbocycles. The number of hydrogen-bond acceptors (Lipinski definition) is 3. The minimum absolute atomic E-state index is 0.0300. The largest absolute Gasteiger partial charge is 0.478 e. The fraction of sp³-hybridized carbons (Fsp3) is 0.500. The van der Waals surface area contributed by atoms with E-state index < -0.39 is 5.97 Å². The van der Waals surface area contributed by atoms with Crippen molar-refractivity contribution in [1.29, 1.82) is 0 Å². The fourth-order valence-electron chi connectivity index (χ4n) is 3.45. The summed E-state index contributed by atoms with van der Waals surface area (Å²) in [4.78, 5) is 27.3. The monoisotopic (exact) mass is 260 g/mol. The number of carbonyl (C=O) groups is 2. The molecule has 1 aromatic heterocycles. The smallest absolute Gasteiger partial charge is 0.339 e. The number of anilines is 1. The highest BCUT2D eigenvalue weighted by molar-refractivity contribution is 6.00. The van der Waals surface area contributed by atoms with Crippen molar-refractivity contribution in [2.24, 2.45) is 17.8 Å². The van der Waals surface area contributed by atoms with E-state index in [1.807, 2.05) is 0 Å². The molecule has 2 N–H and O–H groups in total. The van der Waals surface area contributed by atoms with E-state index in [-0.39, 0.29) is 23.2 Å². The molecule has 5 heteroatoms. The van der Waals surface area contributed by atoms with Crippen LogP contribution in [-0.4, -0.2) is 22.0 Å². The van der Waals surface area contributed by atoms with Crippen LogP contribution in [-0.2, 0) is 4.79 Å². The summed E-state index contributed by atoms with van der Waals surface area (Å²) in [6.07, 6.45) is 5.93. The van der Waals surface area contributed by atoms with Crippen molar-refractivity contribution in [2.45, 2.75) is 25.7 Å². The zero-order chi connectivity index (χ0) is 13.4. The Balaban J connectivity index is 1.75. The number of carbonyl (C=O) groups excluding carboxylic acids is 1. The molecule has 2 fully saturated rings. The van der Waals surface area contributed by atoms with Crippen molar-refractivity contribution in [2.75, 3.05) is 5.32 Å². The van der Waals surface area contributed by atoms with Crippen molar-refractivity contribution in [3.63, 3.8) is 0 Å². The number of carboxylic acids is 1. The maximum atomic E-state index is 12.2. The average molecular weight is 260 g/mol. The number of nitrogens with one attached hydrogen (secondary N) is 1. The number of pyridine rings is 1. The summed E-state index contributed by atoms with van der Waals surface area (Å²) in [5.41, 5.74) is 0.0407. The molecule has 0 radical (unpaired) electrons. The lowest BCUT2D eigenvalue weighted by atomic mass is 9.88. The number of fused-ring (bicyclic) bond motifs is 2. The van der Waals surface area contributed by atoms with Crippen molar-refractivity contribution in [1.82, 2.24) is 4.98 Å². The first-order chi connectivity index (χ1) is 9.15. The van der Waals surface area contributed by atoms with E-state index in [0.717, 1.165) is 19.3 Å². The van der Waals surface area contributed by atoms with Crippen LogP contribution in [0.5, 0.6) is 0 Å². The van der Waals surface area contributed by atoms with Crippen LogP contribution in [0.3, 0.4) is 0 Å². The third-order valence-electron chi connectivity index (χ3n) is 4.35. The SMILES string of the molecule is O=C(O)c1cccnc1NC(=O)C1CC2CCC1C2. The molecule has 2 saturated carbocycles. The van der Waals surface area contributed by atoms with Gasteiger partial charge in [-0.2, -0.15) is 0 Å². The summed E-state index contributed by atoms with van der Waals surface area (Å²) in [5, 5.41) is 11.7. The Hall–Kier alpha value is -1.91. The van der Waals surface area contributed by atoms with Crippen LogP contribution in [0, 0.1) is 17.8 Å². The molecule has 3 unspecified atom stereocenters. The lowest BCUT2D eigenvalue weighted by Gasteiger charge is -2.20. The molecule has 1 aromatic rings. The van der Waals surface area contributed by atoms with Crippen molar-refractivity contribution >= 4 is 17.7 Å². The van der Waals surface area contributed by atoms with E-state index in [4.69, 9.17) is 5.11 Å². The zero-order valence-corrected chi connectivity index (χ0v) is 10.5. The molecule has 3 atom stereocenters. The summed E-state index contributed by atoms with van der Waals surface area (Å²) >= 11 is 0. The molecule has 3 rings (SSSR count). The highest BCUT2D eigenvalue weighted by Gasteiger charge is 2.43. The lowest BCUT2D eigenvalue weighted by Crippen LogP contribution is -2.28. The van der Waals surface area contributed by atoms with Gasteiger partial charge in [0, 0.05) is 12.1 Å². The van der Waals surface area contributed by atoms with Crippen LogP contribution in [0.2, 0.25) is 0 Å². The summed E-state index contributed by atoms with van der Waals surface area (Å²) in [7, 11) is 0. The van der Waals surface area contributed by atoms with Crippen LogP contribution in [0.15, 0.2) is 18.3 Å². The van der Waals surface area contributed by atoms with Crippen molar-refractivity contribution in [3.8, 4) is 0 Å². The van der Waals surface area contributed by atoms with Gasteiger partial charge in [0.25, 0.3) is 0 Å². The van der Waals surface area contributed by atoms with Gasteiger partial charge in [0.1, 0.15) is 11.4 Å². The number of rotatable bonds is 3. The normalized spacial score (nSPS) is 28.3. The molecule has 2 aliphatic rings. The van der Waals surface area contributed by atoms with Crippen molar-refractivity contribution in [3.05, 3.63) is 23.9 Å². The van der Waals surface area contributed by atoms with Gasteiger partial charge in [0.15, 0.2) is 0 Å². The van der Waals surface area contributed by atoms with E-state index in [1.54, 1.807) is 6.07 Å². The van der Waals surface area contributed by atoms with Crippen LogP contribution < -0.4 is 5.32 Å². The van der Waals surface area contributed by atoms with Gasteiger partial charge < -0.3 is 10.4 Å². The van der Waals surface area contributed by atoms with Crippen LogP contribution in [0.4, 0.5) is 5.82 Å². The predicted octanol–water partition coefficient (Wildman–Crippen LogP) is 2.15. The molecule has 1 amide bonds. The number of aromatic nitrogens is 1. The Morgan fingerprint density at radius 2 is 2.16 bits per heavy atom. The van der Waals surface area contributed by atoms with Gasteiger partial charge in [0.05, 0.1) is 0 Å². The Kier molecular flexibility index (Phi) is 2.97. The van der Waals surface area contributed by atoms with Gasteiger partial charge in [-0.1, -0.05) is 6.42 Å². The summed E-state index contributed by atoms with van der Waals surface area (Å²) in [6, 6.07) is 3.00. The second-order valence-corrected chi connectivity index (χ2v) is 5.48. The standard InChI is InChI=1S/C14H16N2O3/c17-13(11-7-8-3-4-9(11)6-8)16-12-10(14(18)19)2-1-5-15-12/h1-2,5,8-9,11H,3-4,6-7H2,(H,18,19)(H,15,16,17). The van der Waals surface area contributed by atoms with E-state index >= 15 is 0 Å². The number of carboxylic acid groups (broad SMARTS) is 1. The third-order valence-corrected chi connectivity index (χ3v) is 4.35. The first-order valence-electron chi connectivity index (χ1n) is 6.64. The molecular formula is C14H16N2O3. The van der Waals surface area contributed by atoms with Gasteiger partial charge in [-0.3, -0.25) is 4.79 Å². The Bertz CT molecular complexity index is 529. The Morgan fingerprint density at radius 3 is 2.79 bits per heavy atom. The first-order valence-corrected chi connectivity index (χ1v) is 6.64. The number of amides is 1. The fourth-order valence-corrected chi connectivity index (χ4v) is 3.45. The second kappa shape index (κ2) is 4.64. The molecule has 1 heterocycles. The molecule has 0 spiro atoms. The maximum Gasteiger partial charge on any atom is 0.339 e. The number of nitrogens with zero attached hydrogens (tertiary/aromatic N) is 1. The number of aromatic carboxylic acids is 1. The summed E-state index contributed by atoms with van der Waals surface area (Å²) in [5.74, 6) is 0.195. The molecule has 0 aliphatic heterocycles. The minimum atomic E-state index is -1.07. The number of hydrogen-bond donors (Lipinski definition) is 2. The maximum absolute atomic E-state index is 12.2. The molecular weight excluding hydrogens is 244 g/mol. The van der Waals surface area contributed by atoms with Crippen LogP contribution in [0.1, 0.15) is 36.0 Å². The highest BCUT2D eigenvalue weighted by Crippen LogP contribution is 2.48. The topological polar surface area (TPSA) is 79.3 Å². The minimum Gasteiger partial charge on any atom is -0.478 e. The summed E-state index contributed by atoms with van der Waals surface area (Å²) in [6.45, 7) is 0. The van der Waals surface area contributed by atoms with Crippen LogP contribution in [0.25, 0.3) is 0 Å². The first kappa shape index (κ1) is 12.1. The molecule has 2 aliphatic carbocycles. The molecule has 5 nitrogen and oxygen atoms in total. The van der Waals surface area contributed by atoms with Gasteiger partial charge in [-0.15, -0.1) is 0 Å². The highest BCUT2D eigenvalue weighted by atomic mass is 16.4. The molecule has 100 valence electrons. The Labute approximate surface area is 111 Å².